The SMILES string of the molecule is CC1OC(O[C@H]2CC[C@@]3(C)[C@H](CC[C@@H]4[C@@H]3C[C@@H](O[Si](C)(C)C)[C@]3(C)[C@@H](C5=CC(=O)OC5)CC[C@]43O[Si](C)(C)C)C2)CC(O[Si](C)(C)C)C1O[Si](C)(C)C. The van der Waals surface area contributed by atoms with Crippen LogP contribution in [0.4, 0.5) is 0 Å². The predicted molar refractivity (Wildman–Crippen MR) is 222 cm³/mol. The lowest BCUT2D eigenvalue weighted by Gasteiger charge is -2.68. The molecule has 2 heterocycles. The van der Waals surface area contributed by atoms with E-state index in [-0.39, 0.29) is 65.1 Å². The number of hydrogen-bond acceptors (Lipinski definition) is 8. The molecule has 53 heavy (non-hydrogen) atoms. The molecule has 0 N–H and O–H groups in total. The minimum atomic E-state index is -1.99. The number of esters is 1. The highest BCUT2D eigenvalue weighted by atomic mass is 28.4. The quantitative estimate of drug-likeness (QED) is 0.116. The van der Waals surface area contributed by atoms with Crippen molar-refractivity contribution in [2.45, 2.75) is 200 Å². The highest BCUT2D eigenvalue weighted by Gasteiger charge is 2.73. The van der Waals surface area contributed by atoms with E-state index < -0.39 is 33.3 Å². The van der Waals surface area contributed by atoms with Gasteiger partial charge in [-0.1, -0.05) is 13.8 Å². The highest BCUT2D eigenvalue weighted by molar-refractivity contribution is 6.71. The van der Waals surface area contributed by atoms with Crippen LogP contribution in [0.2, 0.25) is 78.6 Å². The summed E-state index contributed by atoms with van der Waals surface area (Å²) in [6, 6.07) is 0. The molecular weight excluding hydrogens is 733 g/mol. The Morgan fingerprint density at radius 2 is 1.40 bits per heavy atom. The minimum absolute atomic E-state index is 0.00578. The van der Waals surface area contributed by atoms with Crippen molar-refractivity contribution in [1.82, 2.24) is 0 Å². The van der Waals surface area contributed by atoms with E-state index in [1.165, 1.54) is 12.8 Å². The molecule has 0 radical (unpaired) electrons. The van der Waals surface area contributed by atoms with Crippen molar-refractivity contribution in [1.29, 1.82) is 0 Å². The van der Waals surface area contributed by atoms with Gasteiger partial charge in [-0.25, -0.2) is 4.79 Å². The van der Waals surface area contributed by atoms with Gasteiger partial charge < -0.3 is 31.9 Å². The van der Waals surface area contributed by atoms with Crippen LogP contribution in [0.15, 0.2) is 11.6 Å². The normalized spacial score (nSPS) is 43.8. The van der Waals surface area contributed by atoms with Gasteiger partial charge in [0.25, 0.3) is 0 Å². The van der Waals surface area contributed by atoms with E-state index in [0.29, 0.717) is 24.4 Å². The molecule has 4 saturated carbocycles. The van der Waals surface area contributed by atoms with Crippen molar-refractivity contribution < 1.29 is 36.7 Å². The third-order valence-corrected chi connectivity index (χ3v) is 17.9. The number of rotatable bonds is 11. The van der Waals surface area contributed by atoms with Crippen molar-refractivity contribution in [2.75, 3.05) is 6.61 Å². The van der Waals surface area contributed by atoms with Gasteiger partial charge in [-0.05, 0) is 172 Å². The van der Waals surface area contributed by atoms with Crippen molar-refractivity contribution in [3.05, 3.63) is 11.6 Å². The molecule has 304 valence electrons. The second-order valence-corrected chi connectivity index (χ2v) is 40.1. The third-order valence-electron chi connectivity index (χ3n) is 13.9. The number of ether oxygens (including phenoxy) is 3. The fourth-order valence-electron chi connectivity index (χ4n) is 12.2. The van der Waals surface area contributed by atoms with E-state index >= 15 is 0 Å². The number of cyclic esters (lactones) is 1. The first kappa shape index (κ1) is 42.4. The molecule has 6 aliphatic rings. The summed E-state index contributed by atoms with van der Waals surface area (Å²) >= 11 is 0. The monoisotopic (exact) mass is 808 g/mol. The largest absolute Gasteiger partial charge is 0.458 e. The lowest BCUT2D eigenvalue weighted by Crippen LogP contribution is -2.70. The van der Waals surface area contributed by atoms with Crippen LogP contribution in [0.3, 0.4) is 0 Å². The summed E-state index contributed by atoms with van der Waals surface area (Å²) in [6.07, 6.45) is 11.2. The van der Waals surface area contributed by atoms with Crippen LogP contribution in [0.5, 0.6) is 0 Å². The molecule has 4 aliphatic carbocycles. The molecule has 0 bridgehead atoms. The van der Waals surface area contributed by atoms with E-state index in [0.717, 1.165) is 50.5 Å². The zero-order valence-electron chi connectivity index (χ0n) is 36.2. The second kappa shape index (κ2) is 14.6. The lowest BCUT2D eigenvalue weighted by molar-refractivity contribution is -0.269. The van der Waals surface area contributed by atoms with E-state index in [1.807, 2.05) is 0 Å². The molecule has 4 unspecified atom stereocenters. The predicted octanol–water partition coefficient (Wildman–Crippen LogP) is 9.89. The lowest BCUT2D eigenvalue weighted by atomic mass is 9.42. The Morgan fingerprint density at radius 1 is 0.736 bits per heavy atom. The van der Waals surface area contributed by atoms with E-state index in [1.54, 1.807) is 6.08 Å². The number of fused-ring (bicyclic) bond motifs is 5. The standard InChI is InChI=1S/C41H76O8Si4/c1-27-38(48-52(10,11)12)34(46-50(4,5)6)25-37(44-27)45-30-18-20-39(2)29(23-30)16-17-32-33(39)24-35(47-51(7,8)9)40(3)31(28-22-36(42)43-26-28)19-21-41(32,40)49-53(13,14)15/h22,27,29-35,37-38H,16-21,23-26H2,1-15H3/t27?,29-,30+,31-,32-,33+,34?,35-,37?,38?,39+,40+,41+/m1/s1. The highest BCUT2D eigenvalue weighted by Crippen LogP contribution is 2.72. The Labute approximate surface area is 327 Å². The maximum absolute atomic E-state index is 12.5. The molecule has 0 aromatic carbocycles. The summed E-state index contributed by atoms with van der Waals surface area (Å²) in [6.45, 7) is 35.4. The van der Waals surface area contributed by atoms with Gasteiger partial charge in [0.05, 0.1) is 36.1 Å². The zero-order chi connectivity index (χ0) is 39.2. The summed E-state index contributed by atoms with van der Waals surface area (Å²) in [4.78, 5) is 12.5. The van der Waals surface area contributed by atoms with Gasteiger partial charge in [-0.3, -0.25) is 0 Å². The van der Waals surface area contributed by atoms with Gasteiger partial charge in [-0.2, -0.15) is 0 Å². The Hall–Kier alpha value is -0.162. The fraction of sp³-hybridized carbons (Fsp3) is 0.927. The summed E-state index contributed by atoms with van der Waals surface area (Å²) in [5.74, 6) is 1.60. The van der Waals surface area contributed by atoms with Crippen molar-refractivity contribution in [2.24, 2.45) is 34.5 Å². The van der Waals surface area contributed by atoms with Crippen LogP contribution in [0, 0.1) is 34.5 Å². The molecule has 2 aliphatic heterocycles. The molecular formula is C41H76O8Si4. The molecule has 1 saturated heterocycles. The first-order valence-electron chi connectivity index (χ1n) is 21.1. The first-order valence-corrected chi connectivity index (χ1v) is 34.8. The maximum Gasteiger partial charge on any atom is 0.331 e. The summed E-state index contributed by atoms with van der Waals surface area (Å²) in [5.41, 5.74) is 0.841. The van der Waals surface area contributed by atoms with Crippen LogP contribution in [-0.4, -0.2) is 88.3 Å². The van der Waals surface area contributed by atoms with E-state index in [2.05, 4.69) is 99.3 Å². The van der Waals surface area contributed by atoms with E-state index in [4.69, 9.17) is 31.9 Å². The Morgan fingerprint density at radius 3 is 1.98 bits per heavy atom. The first-order chi connectivity index (χ1) is 24.2. The smallest absolute Gasteiger partial charge is 0.331 e. The molecule has 0 aromatic heterocycles. The van der Waals surface area contributed by atoms with Crippen LogP contribution in [0.25, 0.3) is 0 Å². The van der Waals surface area contributed by atoms with Gasteiger partial charge in [0, 0.05) is 17.9 Å². The summed E-state index contributed by atoms with van der Waals surface area (Å²) < 4.78 is 47.8. The molecule has 0 aromatic rings. The second-order valence-electron chi connectivity index (χ2n) is 22.3. The maximum atomic E-state index is 12.5. The Bertz CT molecular complexity index is 1380. The van der Waals surface area contributed by atoms with Gasteiger partial charge in [-0.15, -0.1) is 0 Å². The van der Waals surface area contributed by atoms with Gasteiger partial charge in [0.2, 0.25) is 0 Å². The van der Waals surface area contributed by atoms with Crippen molar-refractivity contribution >= 4 is 39.2 Å². The number of carbonyl (C=O) groups excluding carboxylic acids is 1. The van der Waals surface area contributed by atoms with Crippen LogP contribution < -0.4 is 0 Å². The zero-order valence-corrected chi connectivity index (χ0v) is 40.2. The van der Waals surface area contributed by atoms with Crippen LogP contribution in [0.1, 0.15) is 78.6 Å². The fourth-order valence-corrected chi connectivity index (χ4v) is 17.3. The topological polar surface area (TPSA) is 81.7 Å². The molecule has 0 spiro atoms. The average Bonchev–Trinajstić information content (AvgIpc) is 3.53. The average molecular weight is 809 g/mol. The third kappa shape index (κ3) is 8.67. The minimum Gasteiger partial charge on any atom is -0.458 e. The molecule has 13 atom stereocenters. The number of carbonyl (C=O) groups is 1. The van der Waals surface area contributed by atoms with Crippen LogP contribution >= 0.6 is 0 Å². The van der Waals surface area contributed by atoms with Crippen molar-refractivity contribution in [3.8, 4) is 0 Å². The molecule has 0 amide bonds. The van der Waals surface area contributed by atoms with Gasteiger partial charge in [0.15, 0.2) is 39.6 Å². The van der Waals surface area contributed by atoms with Gasteiger partial charge >= 0.3 is 5.97 Å². The molecule has 6 rings (SSSR count). The van der Waals surface area contributed by atoms with Crippen LogP contribution in [-0.2, 0) is 36.7 Å². The summed E-state index contributed by atoms with van der Waals surface area (Å²) in [7, 11) is -7.54. The van der Waals surface area contributed by atoms with E-state index in [9.17, 15) is 4.79 Å². The van der Waals surface area contributed by atoms with Gasteiger partial charge in [0.1, 0.15) is 6.61 Å². The number of hydrogen-bond donors (Lipinski definition) is 0. The van der Waals surface area contributed by atoms with Crippen molar-refractivity contribution in [3.63, 3.8) is 0 Å². The Kier molecular flexibility index (Phi) is 11.7. The Balaban J connectivity index is 1.26. The summed E-state index contributed by atoms with van der Waals surface area (Å²) in [5, 5.41) is 0. The molecule has 12 heteroatoms. The molecule has 5 fully saturated rings. The molecule has 8 nitrogen and oxygen atoms in total.